The molecule has 1 nitrogen and oxygen atoms in total. The number of fused-ring (bicyclic) bond motifs is 5. The Bertz CT molecular complexity index is 540. The highest BCUT2D eigenvalue weighted by Gasteiger charge is 2.60. The van der Waals surface area contributed by atoms with Crippen LogP contribution in [0.2, 0.25) is 0 Å². The SMILES string of the molecule is CC(C)CCC[C@@H](C)[C@H]1CCC2C3CC[C@H]4C[C@H](N)CC[C@]4(C)C3CC[C@@]21C. The summed E-state index contributed by atoms with van der Waals surface area (Å²) >= 11 is 0. The molecule has 0 aromatic carbocycles. The minimum absolute atomic E-state index is 0.492. The molecule has 3 unspecified atom stereocenters. The van der Waals surface area contributed by atoms with Gasteiger partial charge in [0.15, 0.2) is 0 Å². The van der Waals surface area contributed by atoms with Gasteiger partial charge < -0.3 is 5.73 Å². The van der Waals surface area contributed by atoms with Gasteiger partial charge in [-0.05, 0) is 110 Å². The third kappa shape index (κ3) is 3.50. The number of hydrogen-bond donors (Lipinski definition) is 1. The molecule has 162 valence electrons. The molecule has 4 aliphatic carbocycles. The third-order valence-corrected chi connectivity index (χ3v) is 10.9. The van der Waals surface area contributed by atoms with Crippen LogP contribution >= 0.6 is 0 Å². The van der Waals surface area contributed by atoms with Crippen molar-refractivity contribution in [1.82, 2.24) is 0 Å². The fraction of sp³-hybridized carbons (Fsp3) is 1.00. The summed E-state index contributed by atoms with van der Waals surface area (Å²) in [6, 6.07) is 0.492. The van der Waals surface area contributed by atoms with Gasteiger partial charge in [0, 0.05) is 6.04 Å². The third-order valence-electron chi connectivity index (χ3n) is 10.9. The van der Waals surface area contributed by atoms with Gasteiger partial charge in [0.05, 0.1) is 0 Å². The fourth-order valence-corrected chi connectivity index (χ4v) is 9.32. The maximum Gasteiger partial charge on any atom is 0.00418 e. The van der Waals surface area contributed by atoms with Gasteiger partial charge in [-0.3, -0.25) is 0 Å². The summed E-state index contributed by atoms with van der Waals surface area (Å²) in [5.41, 5.74) is 7.64. The minimum Gasteiger partial charge on any atom is -0.328 e. The molecule has 0 amide bonds. The summed E-state index contributed by atoms with van der Waals surface area (Å²) < 4.78 is 0. The maximum absolute atomic E-state index is 6.39. The Morgan fingerprint density at radius 3 is 2.29 bits per heavy atom. The Morgan fingerprint density at radius 2 is 1.54 bits per heavy atom. The molecule has 1 heteroatoms. The Hall–Kier alpha value is -0.0400. The van der Waals surface area contributed by atoms with Crippen molar-refractivity contribution in [2.45, 2.75) is 118 Å². The largest absolute Gasteiger partial charge is 0.328 e. The number of rotatable bonds is 5. The van der Waals surface area contributed by atoms with Gasteiger partial charge in [-0.25, -0.2) is 0 Å². The predicted molar refractivity (Wildman–Crippen MR) is 121 cm³/mol. The highest BCUT2D eigenvalue weighted by atomic mass is 14.7. The number of nitrogens with two attached hydrogens (primary N) is 1. The summed E-state index contributed by atoms with van der Waals surface area (Å²) in [6.45, 7) is 12.8. The first kappa shape index (κ1) is 21.2. The van der Waals surface area contributed by atoms with Crippen LogP contribution in [-0.2, 0) is 0 Å². The lowest BCUT2D eigenvalue weighted by atomic mass is 9.44. The smallest absolute Gasteiger partial charge is 0.00418 e. The van der Waals surface area contributed by atoms with Gasteiger partial charge in [-0.2, -0.15) is 0 Å². The van der Waals surface area contributed by atoms with Gasteiger partial charge in [0.1, 0.15) is 0 Å². The topological polar surface area (TPSA) is 26.0 Å². The monoisotopic (exact) mass is 387 g/mol. The van der Waals surface area contributed by atoms with Crippen molar-refractivity contribution < 1.29 is 0 Å². The van der Waals surface area contributed by atoms with E-state index in [0.717, 1.165) is 41.4 Å². The molecule has 4 saturated carbocycles. The molecule has 4 fully saturated rings. The quantitative estimate of drug-likeness (QED) is 0.521. The summed E-state index contributed by atoms with van der Waals surface area (Å²) in [4.78, 5) is 0. The van der Waals surface area contributed by atoms with Gasteiger partial charge in [0.25, 0.3) is 0 Å². The van der Waals surface area contributed by atoms with E-state index in [2.05, 4.69) is 34.6 Å². The van der Waals surface area contributed by atoms with Crippen LogP contribution in [0.4, 0.5) is 0 Å². The average molecular weight is 388 g/mol. The first-order valence-corrected chi connectivity index (χ1v) is 13.0. The first-order valence-electron chi connectivity index (χ1n) is 13.0. The molecule has 0 aromatic heterocycles. The lowest BCUT2D eigenvalue weighted by Gasteiger charge is -2.61. The van der Waals surface area contributed by atoms with E-state index >= 15 is 0 Å². The molecule has 0 saturated heterocycles. The molecule has 0 radical (unpaired) electrons. The Labute approximate surface area is 176 Å². The second-order valence-corrected chi connectivity index (χ2v) is 12.7. The first-order chi connectivity index (χ1) is 13.3. The van der Waals surface area contributed by atoms with E-state index < -0.39 is 0 Å². The van der Waals surface area contributed by atoms with Crippen LogP contribution in [0.25, 0.3) is 0 Å². The van der Waals surface area contributed by atoms with Gasteiger partial charge in [0.2, 0.25) is 0 Å². The fourth-order valence-electron chi connectivity index (χ4n) is 9.32. The van der Waals surface area contributed by atoms with Gasteiger partial charge in [-0.1, -0.05) is 53.9 Å². The zero-order valence-corrected chi connectivity index (χ0v) is 19.7. The summed E-state index contributed by atoms with van der Waals surface area (Å²) in [5.74, 6) is 6.79. The van der Waals surface area contributed by atoms with Crippen molar-refractivity contribution in [3.8, 4) is 0 Å². The molecule has 0 aliphatic heterocycles. The molecule has 0 bridgehead atoms. The van der Waals surface area contributed by atoms with Crippen molar-refractivity contribution in [2.24, 2.45) is 58.0 Å². The molecule has 28 heavy (non-hydrogen) atoms. The van der Waals surface area contributed by atoms with E-state index in [4.69, 9.17) is 5.73 Å². The number of hydrogen-bond acceptors (Lipinski definition) is 1. The molecule has 4 aliphatic rings. The van der Waals surface area contributed by atoms with E-state index in [1.165, 1.54) is 77.0 Å². The lowest BCUT2D eigenvalue weighted by molar-refractivity contribution is -0.116. The van der Waals surface area contributed by atoms with Gasteiger partial charge in [-0.15, -0.1) is 0 Å². The van der Waals surface area contributed by atoms with E-state index in [-0.39, 0.29) is 0 Å². The summed E-state index contributed by atoms with van der Waals surface area (Å²) in [5, 5.41) is 0. The van der Waals surface area contributed by atoms with Crippen LogP contribution in [0.15, 0.2) is 0 Å². The maximum atomic E-state index is 6.39. The molecular formula is C27H49N. The molecule has 0 spiro atoms. The van der Waals surface area contributed by atoms with Crippen LogP contribution in [-0.4, -0.2) is 6.04 Å². The second-order valence-electron chi connectivity index (χ2n) is 12.7. The molecule has 4 rings (SSSR count). The van der Waals surface area contributed by atoms with E-state index in [1.54, 1.807) is 0 Å². The van der Waals surface area contributed by atoms with Crippen LogP contribution in [0, 0.1) is 52.3 Å². The molecule has 0 heterocycles. The Balaban J connectivity index is 1.46. The van der Waals surface area contributed by atoms with Crippen molar-refractivity contribution in [3.63, 3.8) is 0 Å². The zero-order valence-electron chi connectivity index (χ0n) is 19.7. The Morgan fingerprint density at radius 1 is 0.821 bits per heavy atom. The molecular weight excluding hydrogens is 338 g/mol. The molecule has 2 N–H and O–H groups in total. The normalized spacial score (nSPS) is 49.4. The van der Waals surface area contributed by atoms with E-state index in [1.807, 2.05) is 0 Å². The standard InChI is InChI=1S/C27H49N/c1-18(2)7-6-8-19(3)23-11-12-24-22-10-9-20-17-21(28)13-15-26(20,4)25(22)14-16-27(23,24)5/h18-25H,6-17,28H2,1-5H3/t19-,20+,21-,22?,23-,24?,25?,26+,27-/m1/s1. The summed E-state index contributed by atoms with van der Waals surface area (Å²) in [7, 11) is 0. The van der Waals surface area contributed by atoms with Crippen molar-refractivity contribution in [3.05, 3.63) is 0 Å². The minimum atomic E-state index is 0.492. The molecule has 9 atom stereocenters. The van der Waals surface area contributed by atoms with Crippen LogP contribution in [0.5, 0.6) is 0 Å². The van der Waals surface area contributed by atoms with Crippen LogP contribution in [0.1, 0.15) is 112 Å². The van der Waals surface area contributed by atoms with Gasteiger partial charge >= 0.3 is 0 Å². The van der Waals surface area contributed by atoms with Crippen LogP contribution < -0.4 is 5.73 Å². The van der Waals surface area contributed by atoms with E-state index in [9.17, 15) is 0 Å². The van der Waals surface area contributed by atoms with Crippen molar-refractivity contribution in [1.29, 1.82) is 0 Å². The highest BCUT2D eigenvalue weighted by Crippen LogP contribution is 2.68. The van der Waals surface area contributed by atoms with Crippen molar-refractivity contribution >= 4 is 0 Å². The Kier molecular flexibility index (Phi) is 5.98. The zero-order chi connectivity index (χ0) is 20.1. The highest BCUT2D eigenvalue weighted by molar-refractivity contribution is 5.09. The van der Waals surface area contributed by atoms with Crippen molar-refractivity contribution in [2.75, 3.05) is 0 Å². The second kappa shape index (κ2) is 7.90. The summed E-state index contributed by atoms with van der Waals surface area (Å²) in [6.07, 6.45) is 17.5. The van der Waals surface area contributed by atoms with E-state index in [0.29, 0.717) is 16.9 Å². The lowest BCUT2D eigenvalue weighted by Crippen LogP contribution is -2.54. The molecule has 0 aromatic rings. The predicted octanol–water partition coefficient (Wildman–Crippen LogP) is 7.44. The average Bonchev–Trinajstić information content (AvgIpc) is 2.99. The van der Waals surface area contributed by atoms with Crippen LogP contribution in [0.3, 0.4) is 0 Å².